The molecule has 6 nitrogen and oxygen atoms in total. The van der Waals surface area contributed by atoms with Crippen molar-refractivity contribution in [2.45, 2.75) is 32.8 Å². The van der Waals surface area contributed by atoms with Crippen LogP contribution in [0.1, 0.15) is 47.4 Å². The smallest absolute Gasteiger partial charge is 0.338 e. The number of amides is 2. The van der Waals surface area contributed by atoms with E-state index in [4.69, 9.17) is 4.74 Å². The normalized spacial score (nSPS) is 13.7. The highest BCUT2D eigenvalue weighted by molar-refractivity contribution is 6.06. The molecule has 140 valence electrons. The number of carbonyl (C=O) groups is 3. The molecule has 0 saturated carbocycles. The van der Waals surface area contributed by atoms with Crippen LogP contribution in [0.3, 0.4) is 0 Å². The molecule has 0 unspecified atom stereocenters. The van der Waals surface area contributed by atoms with Gasteiger partial charge in [0.25, 0.3) is 5.91 Å². The molecule has 0 radical (unpaired) electrons. The predicted molar refractivity (Wildman–Crippen MR) is 103 cm³/mol. The van der Waals surface area contributed by atoms with Crippen molar-refractivity contribution in [2.24, 2.45) is 0 Å². The number of benzene rings is 2. The molecule has 1 aliphatic heterocycles. The van der Waals surface area contributed by atoms with Crippen molar-refractivity contribution in [2.75, 3.05) is 16.8 Å². The van der Waals surface area contributed by atoms with Gasteiger partial charge in [0.1, 0.15) is 0 Å². The molecular weight excluding hydrogens is 344 g/mol. The van der Waals surface area contributed by atoms with Gasteiger partial charge in [-0.2, -0.15) is 0 Å². The molecular formula is C21H22N2O4. The Morgan fingerprint density at radius 2 is 1.81 bits per heavy atom. The molecule has 1 aliphatic rings. The molecule has 3 rings (SSSR count). The highest BCUT2D eigenvalue weighted by Crippen LogP contribution is 2.23. The summed E-state index contributed by atoms with van der Waals surface area (Å²) in [6, 6.07) is 13.5. The van der Waals surface area contributed by atoms with Gasteiger partial charge >= 0.3 is 5.97 Å². The van der Waals surface area contributed by atoms with Gasteiger partial charge in [-0.1, -0.05) is 6.07 Å². The summed E-state index contributed by atoms with van der Waals surface area (Å²) in [5.74, 6) is -0.594. The van der Waals surface area contributed by atoms with Crippen LogP contribution in [0.5, 0.6) is 0 Å². The lowest BCUT2D eigenvalue weighted by atomic mass is 10.1. The van der Waals surface area contributed by atoms with E-state index in [-0.39, 0.29) is 17.9 Å². The molecule has 1 heterocycles. The van der Waals surface area contributed by atoms with Crippen LogP contribution in [-0.2, 0) is 9.53 Å². The molecule has 2 amide bonds. The van der Waals surface area contributed by atoms with Gasteiger partial charge in [0.15, 0.2) is 0 Å². The number of nitrogens with zero attached hydrogens (tertiary/aromatic N) is 1. The van der Waals surface area contributed by atoms with E-state index in [1.165, 1.54) is 0 Å². The van der Waals surface area contributed by atoms with Crippen molar-refractivity contribution in [3.05, 3.63) is 59.7 Å². The SMILES string of the molecule is CC(C)OC(=O)c1ccc(NC(=O)c2cccc(N3CCCC3=O)c2)cc1. The van der Waals surface area contributed by atoms with Crippen LogP contribution in [0, 0.1) is 0 Å². The first-order valence-electron chi connectivity index (χ1n) is 8.97. The summed E-state index contributed by atoms with van der Waals surface area (Å²) in [6.45, 7) is 4.25. The Hall–Kier alpha value is -3.15. The fourth-order valence-corrected chi connectivity index (χ4v) is 2.91. The maximum absolute atomic E-state index is 12.5. The van der Waals surface area contributed by atoms with Gasteiger partial charge in [0, 0.05) is 29.9 Å². The van der Waals surface area contributed by atoms with E-state index >= 15 is 0 Å². The van der Waals surface area contributed by atoms with E-state index in [9.17, 15) is 14.4 Å². The summed E-state index contributed by atoms with van der Waals surface area (Å²) in [7, 11) is 0. The highest BCUT2D eigenvalue weighted by atomic mass is 16.5. The Labute approximate surface area is 158 Å². The Morgan fingerprint density at radius 1 is 1.07 bits per heavy atom. The van der Waals surface area contributed by atoms with Crippen LogP contribution in [0.4, 0.5) is 11.4 Å². The van der Waals surface area contributed by atoms with Crippen molar-refractivity contribution >= 4 is 29.2 Å². The molecule has 0 spiro atoms. The maximum atomic E-state index is 12.5. The molecule has 1 N–H and O–H groups in total. The van der Waals surface area contributed by atoms with E-state index in [1.807, 2.05) is 6.07 Å². The largest absolute Gasteiger partial charge is 0.459 e. The molecule has 2 aromatic rings. The van der Waals surface area contributed by atoms with Crippen molar-refractivity contribution < 1.29 is 19.1 Å². The van der Waals surface area contributed by atoms with Crippen molar-refractivity contribution in [1.82, 2.24) is 0 Å². The zero-order valence-corrected chi connectivity index (χ0v) is 15.4. The summed E-state index contributed by atoms with van der Waals surface area (Å²) in [5.41, 5.74) is 2.20. The van der Waals surface area contributed by atoms with E-state index in [0.717, 1.165) is 12.1 Å². The number of esters is 1. The average molecular weight is 366 g/mol. The maximum Gasteiger partial charge on any atom is 0.338 e. The Kier molecular flexibility index (Phi) is 5.54. The topological polar surface area (TPSA) is 75.7 Å². The molecule has 0 aliphatic carbocycles. The lowest BCUT2D eigenvalue weighted by Gasteiger charge is -2.16. The number of anilines is 2. The Morgan fingerprint density at radius 3 is 2.44 bits per heavy atom. The molecule has 27 heavy (non-hydrogen) atoms. The van der Waals surface area contributed by atoms with E-state index in [1.54, 1.807) is 61.2 Å². The van der Waals surface area contributed by atoms with Crippen molar-refractivity contribution in [1.29, 1.82) is 0 Å². The minimum absolute atomic E-state index is 0.0800. The lowest BCUT2D eigenvalue weighted by Crippen LogP contribution is -2.24. The summed E-state index contributed by atoms with van der Waals surface area (Å²) < 4.78 is 5.14. The fraction of sp³-hybridized carbons (Fsp3) is 0.286. The number of rotatable bonds is 5. The molecule has 2 aromatic carbocycles. The standard InChI is InChI=1S/C21H22N2O4/c1-14(2)27-21(26)15-8-10-17(11-9-15)22-20(25)16-5-3-6-18(13-16)23-12-4-7-19(23)24/h3,5-6,8-11,13-14H,4,7,12H2,1-2H3,(H,22,25). The van der Waals surface area contributed by atoms with Gasteiger partial charge in [0.2, 0.25) is 5.91 Å². The summed E-state index contributed by atoms with van der Waals surface area (Å²) in [4.78, 5) is 38.0. The van der Waals surface area contributed by atoms with E-state index in [0.29, 0.717) is 29.8 Å². The van der Waals surface area contributed by atoms with Crippen LogP contribution in [0.2, 0.25) is 0 Å². The minimum Gasteiger partial charge on any atom is -0.459 e. The van der Waals surface area contributed by atoms with Gasteiger partial charge in [-0.25, -0.2) is 4.79 Å². The second-order valence-electron chi connectivity index (χ2n) is 6.68. The van der Waals surface area contributed by atoms with Gasteiger partial charge < -0.3 is 15.0 Å². The third-order valence-electron chi connectivity index (χ3n) is 4.21. The average Bonchev–Trinajstić information content (AvgIpc) is 3.08. The minimum atomic E-state index is -0.397. The quantitative estimate of drug-likeness (QED) is 0.820. The van der Waals surface area contributed by atoms with E-state index < -0.39 is 5.97 Å². The third kappa shape index (κ3) is 4.53. The first-order chi connectivity index (χ1) is 12.9. The van der Waals surface area contributed by atoms with Crippen molar-refractivity contribution in [3.63, 3.8) is 0 Å². The Balaban J connectivity index is 1.68. The zero-order chi connectivity index (χ0) is 19.4. The lowest BCUT2D eigenvalue weighted by molar-refractivity contribution is -0.117. The van der Waals surface area contributed by atoms with Crippen LogP contribution < -0.4 is 10.2 Å². The monoisotopic (exact) mass is 366 g/mol. The first-order valence-corrected chi connectivity index (χ1v) is 8.97. The van der Waals surface area contributed by atoms with Crippen LogP contribution in [-0.4, -0.2) is 30.4 Å². The van der Waals surface area contributed by atoms with Crippen LogP contribution >= 0.6 is 0 Å². The number of hydrogen-bond acceptors (Lipinski definition) is 4. The molecule has 0 atom stereocenters. The van der Waals surface area contributed by atoms with Crippen LogP contribution in [0.15, 0.2) is 48.5 Å². The molecule has 1 saturated heterocycles. The summed E-state index contributed by atoms with van der Waals surface area (Å²) in [6.07, 6.45) is 1.19. The van der Waals surface area contributed by atoms with Crippen molar-refractivity contribution in [3.8, 4) is 0 Å². The van der Waals surface area contributed by atoms with Gasteiger partial charge in [0.05, 0.1) is 11.7 Å². The Bertz CT molecular complexity index is 859. The number of carbonyl (C=O) groups excluding carboxylic acids is 3. The summed E-state index contributed by atoms with van der Waals surface area (Å²) >= 11 is 0. The number of ether oxygens (including phenoxy) is 1. The zero-order valence-electron chi connectivity index (χ0n) is 15.4. The first kappa shape index (κ1) is 18.6. The predicted octanol–water partition coefficient (Wildman–Crippen LogP) is 3.63. The fourth-order valence-electron chi connectivity index (χ4n) is 2.91. The second-order valence-corrected chi connectivity index (χ2v) is 6.68. The van der Waals surface area contributed by atoms with Crippen LogP contribution in [0.25, 0.3) is 0 Å². The molecule has 0 bridgehead atoms. The number of nitrogens with one attached hydrogen (secondary N) is 1. The van der Waals surface area contributed by atoms with Gasteiger partial charge in [-0.3, -0.25) is 9.59 Å². The molecule has 0 aromatic heterocycles. The highest BCUT2D eigenvalue weighted by Gasteiger charge is 2.22. The molecule has 1 fully saturated rings. The molecule has 6 heteroatoms. The van der Waals surface area contributed by atoms with E-state index in [2.05, 4.69) is 5.32 Å². The number of hydrogen-bond donors (Lipinski definition) is 1. The van der Waals surface area contributed by atoms with Gasteiger partial charge in [-0.15, -0.1) is 0 Å². The second kappa shape index (κ2) is 8.03. The summed E-state index contributed by atoms with van der Waals surface area (Å²) in [5, 5.41) is 2.80. The third-order valence-corrected chi connectivity index (χ3v) is 4.21. The van der Waals surface area contributed by atoms with Gasteiger partial charge in [-0.05, 0) is 62.7 Å².